The van der Waals surface area contributed by atoms with Gasteiger partial charge >= 0.3 is 5.97 Å². The molecule has 2 rings (SSSR count). The van der Waals surface area contributed by atoms with E-state index in [0.717, 1.165) is 11.8 Å². The third-order valence-electron chi connectivity index (χ3n) is 4.84. The van der Waals surface area contributed by atoms with Crippen LogP contribution in [0.2, 0.25) is 0 Å². The molecular weight excluding hydrogens is 410 g/mol. The van der Waals surface area contributed by atoms with Crippen molar-refractivity contribution in [2.75, 3.05) is 39.0 Å². The predicted molar refractivity (Wildman–Crippen MR) is 111 cm³/mol. The fourth-order valence-corrected chi connectivity index (χ4v) is 3.91. The summed E-state index contributed by atoms with van der Waals surface area (Å²) >= 11 is 0. The Balaban J connectivity index is 1.83. The van der Waals surface area contributed by atoms with Gasteiger partial charge in [0.05, 0.1) is 12.7 Å². The van der Waals surface area contributed by atoms with Gasteiger partial charge in [-0.1, -0.05) is 44.2 Å². The van der Waals surface area contributed by atoms with Crippen molar-refractivity contribution < 1.29 is 27.5 Å². The summed E-state index contributed by atoms with van der Waals surface area (Å²) in [6.45, 7) is 4.01. The maximum absolute atomic E-state index is 12.4. The van der Waals surface area contributed by atoms with Crippen LogP contribution in [-0.2, 0) is 35.6 Å². The molecule has 9 nitrogen and oxygen atoms in total. The van der Waals surface area contributed by atoms with Crippen LogP contribution < -0.4 is 5.32 Å². The quantitative estimate of drug-likeness (QED) is 0.571. The van der Waals surface area contributed by atoms with Gasteiger partial charge < -0.3 is 15.0 Å². The van der Waals surface area contributed by atoms with E-state index < -0.39 is 34.5 Å². The molecule has 0 aliphatic carbocycles. The van der Waals surface area contributed by atoms with E-state index >= 15 is 0 Å². The lowest BCUT2D eigenvalue weighted by Crippen LogP contribution is -2.51. The first-order valence-corrected chi connectivity index (χ1v) is 11.7. The second-order valence-corrected chi connectivity index (χ2v) is 9.58. The van der Waals surface area contributed by atoms with E-state index in [-0.39, 0.29) is 44.4 Å². The number of nitrogens with zero attached hydrogens (tertiary/aromatic N) is 2. The SMILES string of the molecule is CC(C)[C@H](NC(=O)Cc1ccccc1)C(=O)OCC(=O)N1CCN(S(C)(=O)=O)CC1. The third-order valence-corrected chi connectivity index (χ3v) is 6.15. The highest BCUT2D eigenvalue weighted by molar-refractivity contribution is 7.88. The average molecular weight is 440 g/mol. The number of carbonyl (C=O) groups is 3. The Bertz CT molecular complexity index is 849. The first-order chi connectivity index (χ1) is 14.1. The molecular formula is C20H29N3O6S. The number of piperazine rings is 1. The van der Waals surface area contributed by atoms with Crippen LogP contribution in [0.1, 0.15) is 19.4 Å². The summed E-state index contributed by atoms with van der Waals surface area (Å²) in [5.74, 6) is -1.59. The van der Waals surface area contributed by atoms with E-state index in [1.165, 1.54) is 9.21 Å². The second kappa shape index (κ2) is 10.5. The lowest BCUT2D eigenvalue weighted by molar-refractivity contribution is -0.155. The van der Waals surface area contributed by atoms with E-state index in [1.807, 2.05) is 30.3 Å². The first kappa shape index (κ1) is 23.8. The largest absolute Gasteiger partial charge is 0.454 e. The van der Waals surface area contributed by atoms with Gasteiger partial charge in [0.2, 0.25) is 15.9 Å². The number of carbonyl (C=O) groups excluding carboxylic acids is 3. The minimum Gasteiger partial charge on any atom is -0.454 e. The van der Waals surface area contributed by atoms with E-state index in [2.05, 4.69) is 5.32 Å². The maximum Gasteiger partial charge on any atom is 0.329 e. The number of sulfonamides is 1. The van der Waals surface area contributed by atoms with Crippen molar-refractivity contribution in [2.24, 2.45) is 5.92 Å². The molecule has 1 aromatic carbocycles. The zero-order valence-electron chi connectivity index (χ0n) is 17.5. The zero-order valence-corrected chi connectivity index (χ0v) is 18.4. The van der Waals surface area contributed by atoms with E-state index in [4.69, 9.17) is 4.74 Å². The number of hydrogen-bond acceptors (Lipinski definition) is 6. The lowest BCUT2D eigenvalue weighted by atomic mass is 10.0. The van der Waals surface area contributed by atoms with Gasteiger partial charge in [-0.3, -0.25) is 9.59 Å². The van der Waals surface area contributed by atoms with E-state index in [9.17, 15) is 22.8 Å². The molecule has 1 N–H and O–H groups in total. The number of amides is 2. The van der Waals surface area contributed by atoms with Crippen molar-refractivity contribution in [2.45, 2.75) is 26.3 Å². The number of ether oxygens (including phenoxy) is 1. The Morgan fingerprint density at radius 3 is 2.20 bits per heavy atom. The smallest absolute Gasteiger partial charge is 0.329 e. The number of hydrogen-bond donors (Lipinski definition) is 1. The number of nitrogens with one attached hydrogen (secondary N) is 1. The fourth-order valence-electron chi connectivity index (χ4n) is 3.09. The van der Waals surface area contributed by atoms with Crippen LogP contribution in [0.15, 0.2) is 30.3 Å². The highest BCUT2D eigenvalue weighted by Crippen LogP contribution is 2.09. The number of rotatable bonds is 8. The third kappa shape index (κ3) is 7.10. The standard InChI is InChI=1S/C20H29N3O6S/c1-15(2)19(21-17(24)13-16-7-5-4-6-8-16)20(26)29-14-18(25)22-9-11-23(12-10-22)30(3,27)28/h4-8,15,19H,9-14H2,1-3H3,(H,21,24)/t19-/m0/s1. The fraction of sp³-hybridized carbons (Fsp3) is 0.550. The molecule has 0 bridgehead atoms. The van der Waals surface area contributed by atoms with Crippen LogP contribution in [0.3, 0.4) is 0 Å². The molecule has 0 spiro atoms. The van der Waals surface area contributed by atoms with Crippen molar-refractivity contribution in [3.63, 3.8) is 0 Å². The minimum absolute atomic E-state index is 0.140. The van der Waals surface area contributed by atoms with Crippen LogP contribution in [0.4, 0.5) is 0 Å². The minimum atomic E-state index is -3.29. The van der Waals surface area contributed by atoms with Crippen LogP contribution in [0.25, 0.3) is 0 Å². The molecule has 1 atom stereocenters. The highest BCUT2D eigenvalue weighted by Gasteiger charge is 2.29. The summed E-state index contributed by atoms with van der Waals surface area (Å²) in [4.78, 5) is 38.5. The molecule has 2 amide bonds. The van der Waals surface area contributed by atoms with Gasteiger partial charge in [-0.25, -0.2) is 13.2 Å². The Morgan fingerprint density at radius 1 is 1.07 bits per heavy atom. The number of esters is 1. The predicted octanol–water partition coefficient (Wildman–Crippen LogP) is 0.0169. The summed E-state index contributed by atoms with van der Waals surface area (Å²) in [5.41, 5.74) is 0.828. The molecule has 1 aliphatic rings. The van der Waals surface area contributed by atoms with Gasteiger partial charge in [-0.2, -0.15) is 4.31 Å². The Hall–Kier alpha value is -2.46. The Kier molecular flexibility index (Phi) is 8.36. The summed E-state index contributed by atoms with van der Waals surface area (Å²) in [6, 6.07) is 8.30. The van der Waals surface area contributed by atoms with Crippen LogP contribution in [-0.4, -0.2) is 80.5 Å². The summed E-state index contributed by atoms with van der Waals surface area (Å²) in [7, 11) is -3.29. The van der Waals surface area contributed by atoms with Crippen LogP contribution >= 0.6 is 0 Å². The molecule has 1 fully saturated rings. The molecule has 1 aliphatic heterocycles. The highest BCUT2D eigenvalue weighted by atomic mass is 32.2. The molecule has 0 aromatic heterocycles. The van der Waals surface area contributed by atoms with Gasteiger partial charge in [-0.15, -0.1) is 0 Å². The van der Waals surface area contributed by atoms with Gasteiger partial charge in [0.25, 0.3) is 5.91 Å². The number of benzene rings is 1. The van der Waals surface area contributed by atoms with Crippen molar-refractivity contribution >= 4 is 27.8 Å². The molecule has 30 heavy (non-hydrogen) atoms. The van der Waals surface area contributed by atoms with Gasteiger partial charge in [0.1, 0.15) is 6.04 Å². The Labute approximate surface area is 177 Å². The monoisotopic (exact) mass is 439 g/mol. The lowest BCUT2D eigenvalue weighted by Gasteiger charge is -2.33. The molecule has 1 heterocycles. The molecule has 0 radical (unpaired) electrons. The van der Waals surface area contributed by atoms with Gasteiger partial charge in [-0.05, 0) is 11.5 Å². The van der Waals surface area contributed by atoms with Crippen molar-refractivity contribution in [3.05, 3.63) is 35.9 Å². The van der Waals surface area contributed by atoms with Gasteiger partial charge in [0.15, 0.2) is 6.61 Å². The second-order valence-electron chi connectivity index (χ2n) is 7.60. The molecule has 166 valence electrons. The van der Waals surface area contributed by atoms with E-state index in [0.29, 0.717) is 0 Å². The van der Waals surface area contributed by atoms with Crippen molar-refractivity contribution in [1.82, 2.24) is 14.5 Å². The summed E-state index contributed by atoms with van der Waals surface area (Å²) in [5, 5.41) is 2.68. The first-order valence-electron chi connectivity index (χ1n) is 9.80. The van der Waals surface area contributed by atoms with Gasteiger partial charge in [0, 0.05) is 26.2 Å². The zero-order chi connectivity index (χ0) is 22.3. The molecule has 1 aromatic rings. The average Bonchev–Trinajstić information content (AvgIpc) is 2.70. The van der Waals surface area contributed by atoms with Crippen molar-refractivity contribution in [3.8, 4) is 0 Å². The molecule has 1 saturated heterocycles. The van der Waals surface area contributed by atoms with Crippen molar-refractivity contribution in [1.29, 1.82) is 0 Å². The molecule has 0 unspecified atom stereocenters. The maximum atomic E-state index is 12.4. The van der Waals surface area contributed by atoms with Crippen LogP contribution in [0, 0.1) is 5.92 Å². The molecule has 10 heteroatoms. The topological polar surface area (TPSA) is 113 Å². The Morgan fingerprint density at radius 2 is 1.67 bits per heavy atom. The summed E-state index contributed by atoms with van der Waals surface area (Å²) < 4.78 is 29.5. The summed E-state index contributed by atoms with van der Waals surface area (Å²) in [6.07, 6.45) is 1.27. The molecule has 0 saturated carbocycles. The normalized spacial score (nSPS) is 16.2. The van der Waals surface area contributed by atoms with Crippen LogP contribution in [0.5, 0.6) is 0 Å². The van der Waals surface area contributed by atoms with E-state index in [1.54, 1.807) is 13.8 Å².